The summed E-state index contributed by atoms with van der Waals surface area (Å²) in [5, 5.41) is 0.114. The van der Waals surface area contributed by atoms with Crippen molar-refractivity contribution in [3.05, 3.63) is 23.8 Å². The van der Waals surface area contributed by atoms with E-state index >= 15 is 0 Å². The first-order valence-electron chi connectivity index (χ1n) is 7.41. The molecule has 0 rings (SSSR count). The molecule has 0 fully saturated rings. The highest BCUT2D eigenvalue weighted by molar-refractivity contribution is 6.22. The molecule has 0 saturated carbocycles. The molecule has 0 aliphatic carbocycles. The summed E-state index contributed by atoms with van der Waals surface area (Å²) in [6.45, 7) is 12.1. The Morgan fingerprint density at radius 2 is 1.90 bits per heavy atom. The summed E-state index contributed by atoms with van der Waals surface area (Å²) in [6, 6.07) is 0. The van der Waals surface area contributed by atoms with Crippen molar-refractivity contribution in [2.75, 3.05) is 6.61 Å². The number of hydrogen-bond acceptors (Lipinski definition) is 2. The highest BCUT2D eigenvalue weighted by Crippen LogP contribution is 2.21. The van der Waals surface area contributed by atoms with Crippen LogP contribution in [0.15, 0.2) is 23.8 Å². The molecular weight excluding hydrogens is 272 g/mol. The fraction of sp³-hybridized carbons (Fsp3) is 0.706. The smallest absolute Gasteiger partial charge is 0.302 e. The molecule has 0 radical (unpaired) electrons. The third-order valence-corrected chi connectivity index (χ3v) is 4.02. The summed E-state index contributed by atoms with van der Waals surface area (Å²) in [7, 11) is 0. The summed E-state index contributed by atoms with van der Waals surface area (Å²) in [4.78, 5) is 10.6. The van der Waals surface area contributed by atoms with Crippen molar-refractivity contribution in [2.24, 2.45) is 5.92 Å². The standard InChI is InChI=1S/C17H29ClO2/c1-13(2)17(18)10-9-14(3)7-6-8-15(4)11-12-20-16(5)19/h11,14,17H,1,6-10,12H2,2-5H3. The Hall–Kier alpha value is -0.760. The summed E-state index contributed by atoms with van der Waals surface area (Å²) in [5.74, 6) is 0.465. The number of allylic oxidation sites excluding steroid dienone is 2. The molecule has 0 aliphatic heterocycles. The normalized spacial score (nSPS) is 14.8. The van der Waals surface area contributed by atoms with Gasteiger partial charge in [0.25, 0.3) is 0 Å². The minimum atomic E-state index is -0.226. The van der Waals surface area contributed by atoms with Crippen LogP contribution in [0.2, 0.25) is 0 Å². The Labute approximate surface area is 129 Å². The molecule has 0 aliphatic rings. The Bertz CT molecular complexity index is 334. The van der Waals surface area contributed by atoms with E-state index in [1.54, 1.807) is 0 Å². The van der Waals surface area contributed by atoms with Crippen LogP contribution >= 0.6 is 11.6 Å². The topological polar surface area (TPSA) is 26.3 Å². The highest BCUT2D eigenvalue weighted by atomic mass is 35.5. The number of halogens is 1. The maximum atomic E-state index is 10.6. The van der Waals surface area contributed by atoms with Gasteiger partial charge in [0.1, 0.15) is 6.61 Å². The van der Waals surface area contributed by atoms with E-state index in [1.165, 1.54) is 25.3 Å². The average molecular weight is 301 g/mol. The molecule has 0 N–H and O–H groups in total. The van der Waals surface area contributed by atoms with Crippen LogP contribution in [0.3, 0.4) is 0 Å². The van der Waals surface area contributed by atoms with Crippen molar-refractivity contribution < 1.29 is 9.53 Å². The Balaban J connectivity index is 3.72. The molecule has 2 nitrogen and oxygen atoms in total. The van der Waals surface area contributed by atoms with Crippen molar-refractivity contribution in [3.8, 4) is 0 Å². The van der Waals surface area contributed by atoms with Gasteiger partial charge in [-0.05, 0) is 51.5 Å². The zero-order valence-corrected chi connectivity index (χ0v) is 14.1. The molecule has 0 aromatic carbocycles. The molecule has 0 amide bonds. The molecule has 0 aromatic heterocycles. The van der Waals surface area contributed by atoms with Crippen LogP contribution in [0.1, 0.15) is 59.8 Å². The van der Waals surface area contributed by atoms with Gasteiger partial charge in [0.2, 0.25) is 0 Å². The molecule has 3 heteroatoms. The lowest BCUT2D eigenvalue weighted by molar-refractivity contribution is -0.139. The molecule has 0 saturated heterocycles. The maximum Gasteiger partial charge on any atom is 0.302 e. The summed E-state index contributed by atoms with van der Waals surface area (Å²) < 4.78 is 4.89. The zero-order chi connectivity index (χ0) is 15.5. The van der Waals surface area contributed by atoms with Crippen molar-refractivity contribution in [3.63, 3.8) is 0 Å². The fourth-order valence-electron chi connectivity index (χ4n) is 1.95. The van der Waals surface area contributed by atoms with Gasteiger partial charge >= 0.3 is 5.97 Å². The molecule has 2 atom stereocenters. The van der Waals surface area contributed by atoms with Crippen molar-refractivity contribution in [1.29, 1.82) is 0 Å². The second kappa shape index (κ2) is 11.0. The average Bonchev–Trinajstić information content (AvgIpc) is 2.35. The summed E-state index contributed by atoms with van der Waals surface area (Å²) >= 11 is 6.18. The van der Waals surface area contributed by atoms with Crippen LogP contribution in [0.4, 0.5) is 0 Å². The van der Waals surface area contributed by atoms with Crippen LogP contribution < -0.4 is 0 Å². The second-order valence-electron chi connectivity index (χ2n) is 5.74. The van der Waals surface area contributed by atoms with E-state index in [2.05, 4.69) is 20.4 Å². The summed E-state index contributed by atoms with van der Waals surface area (Å²) in [6.07, 6.45) is 7.59. The first-order valence-corrected chi connectivity index (χ1v) is 7.85. The van der Waals surface area contributed by atoms with E-state index in [0.717, 1.165) is 24.8 Å². The third-order valence-electron chi connectivity index (χ3n) is 3.43. The van der Waals surface area contributed by atoms with Gasteiger partial charge in [0.05, 0.1) is 5.38 Å². The van der Waals surface area contributed by atoms with Gasteiger partial charge in [-0.1, -0.05) is 31.1 Å². The minimum absolute atomic E-state index is 0.114. The van der Waals surface area contributed by atoms with E-state index in [4.69, 9.17) is 16.3 Å². The lowest BCUT2D eigenvalue weighted by Gasteiger charge is -2.14. The van der Waals surface area contributed by atoms with E-state index in [1.807, 2.05) is 13.0 Å². The van der Waals surface area contributed by atoms with Crippen molar-refractivity contribution in [1.82, 2.24) is 0 Å². The van der Waals surface area contributed by atoms with Crippen LogP contribution in [0, 0.1) is 5.92 Å². The monoisotopic (exact) mass is 300 g/mol. The Morgan fingerprint density at radius 1 is 1.25 bits per heavy atom. The molecule has 0 aromatic rings. The number of hydrogen-bond donors (Lipinski definition) is 0. The molecule has 0 bridgehead atoms. The predicted octanol–water partition coefficient (Wildman–Crippen LogP) is 5.27. The van der Waals surface area contributed by atoms with Crippen LogP contribution in [-0.2, 0) is 9.53 Å². The Kier molecular flexibility index (Phi) is 10.5. The van der Waals surface area contributed by atoms with Crippen molar-refractivity contribution >= 4 is 17.6 Å². The van der Waals surface area contributed by atoms with Gasteiger partial charge in [-0.2, -0.15) is 0 Å². The molecule has 20 heavy (non-hydrogen) atoms. The number of carbonyl (C=O) groups is 1. The molecule has 2 unspecified atom stereocenters. The SMILES string of the molecule is C=C(C)C(Cl)CCC(C)CCCC(C)=CCOC(C)=O. The molecule has 0 heterocycles. The number of esters is 1. The predicted molar refractivity (Wildman–Crippen MR) is 87.1 cm³/mol. The zero-order valence-electron chi connectivity index (χ0n) is 13.4. The van der Waals surface area contributed by atoms with E-state index < -0.39 is 0 Å². The van der Waals surface area contributed by atoms with Crippen LogP contribution in [-0.4, -0.2) is 18.0 Å². The Morgan fingerprint density at radius 3 is 2.45 bits per heavy atom. The number of ether oxygens (including phenoxy) is 1. The maximum absolute atomic E-state index is 10.6. The lowest BCUT2D eigenvalue weighted by atomic mass is 9.95. The molecule has 116 valence electrons. The quantitative estimate of drug-likeness (QED) is 0.312. The summed E-state index contributed by atoms with van der Waals surface area (Å²) in [5.41, 5.74) is 2.35. The number of carbonyl (C=O) groups excluding carboxylic acids is 1. The second-order valence-corrected chi connectivity index (χ2v) is 6.27. The van der Waals surface area contributed by atoms with Gasteiger partial charge < -0.3 is 4.74 Å². The number of rotatable bonds is 10. The van der Waals surface area contributed by atoms with Crippen LogP contribution in [0.25, 0.3) is 0 Å². The van der Waals surface area contributed by atoms with Gasteiger partial charge in [-0.25, -0.2) is 0 Å². The highest BCUT2D eigenvalue weighted by Gasteiger charge is 2.08. The molecular formula is C17H29ClO2. The van der Waals surface area contributed by atoms with Gasteiger partial charge in [0.15, 0.2) is 0 Å². The van der Waals surface area contributed by atoms with E-state index in [-0.39, 0.29) is 11.3 Å². The van der Waals surface area contributed by atoms with Crippen LogP contribution in [0.5, 0.6) is 0 Å². The first-order chi connectivity index (χ1) is 9.32. The lowest BCUT2D eigenvalue weighted by Crippen LogP contribution is -2.03. The fourth-order valence-corrected chi connectivity index (χ4v) is 2.08. The minimum Gasteiger partial charge on any atom is -0.462 e. The first kappa shape index (κ1) is 19.2. The van der Waals surface area contributed by atoms with Gasteiger partial charge in [-0.3, -0.25) is 4.79 Å². The van der Waals surface area contributed by atoms with E-state index in [9.17, 15) is 4.79 Å². The van der Waals surface area contributed by atoms with Gasteiger partial charge in [-0.15, -0.1) is 11.6 Å². The molecule has 0 spiro atoms. The van der Waals surface area contributed by atoms with E-state index in [0.29, 0.717) is 12.5 Å². The van der Waals surface area contributed by atoms with Crippen molar-refractivity contribution in [2.45, 2.75) is 65.2 Å². The van der Waals surface area contributed by atoms with Gasteiger partial charge in [0, 0.05) is 6.92 Å². The largest absolute Gasteiger partial charge is 0.462 e. The third kappa shape index (κ3) is 11.1. The number of alkyl halides is 1.